The van der Waals surface area contributed by atoms with E-state index >= 15 is 0 Å². The Hall–Kier alpha value is -2.41. The highest BCUT2D eigenvalue weighted by Gasteiger charge is 2.18. The minimum Gasteiger partial charge on any atom is -0.393 e. The van der Waals surface area contributed by atoms with Crippen molar-refractivity contribution in [2.45, 2.75) is 6.92 Å². The van der Waals surface area contributed by atoms with Gasteiger partial charge in [0.1, 0.15) is 17.8 Å². The SMILES string of the molecule is Cc1cccnc1Nc1ncnc(N2CCOCC2)c1N. The monoisotopic (exact) mass is 286 g/mol. The molecule has 0 aliphatic carbocycles. The zero-order chi connectivity index (χ0) is 14.7. The van der Waals surface area contributed by atoms with Gasteiger partial charge in [0.05, 0.1) is 13.2 Å². The highest BCUT2D eigenvalue weighted by molar-refractivity contribution is 5.78. The van der Waals surface area contributed by atoms with Crippen LogP contribution in [0, 0.1) is 6.92 Å². The van der Waals surface area contributed by atoms with Crippen LogP contribution in [0.5, 0.6) is 0 Å². The van der Waals surface area contributed by atoms with Gasteiger partial charge in [-0.1, -0.05) is 6.07 Å². The number of pyridine rings is 1. The van der Waals surface area contributed by atoms with Crippen LogP contribution in [0.1, 0.15) is 5.56 Å². The molecule has 2 aromatic heterocycles. The number of rotatable bonds is 3. The van der Waals surface area contributed by atoms with Crippen LogP contribution in [0.25, 0.3) is 0 Å². The van der Waals surface area contributed by atoms with Crippen molar-refractivity contribution in [3.8, 4) is 0 Å². The lowest BCUT2D eigenvalue weighted by Gasteiger charge is -2.28. The molecule has 7 heteroatoms. The van der Waals surface area contributed by atoms with Crippen LogP contribution in [-0.2, 0) is 4.74 Å². The maximum absolute atomic E-state index is 6.21. The number of nitrogen functional groups attached to an aromatic ring is 1. The number of ether oxygens (including phenoxy) is 1. The minimum atomic E-state index is 0.532. The van der Waals surface area contributed by atoms with Gasteiger partial charge in [0.15, 0.2) is 11.6 Å². The van der Waals surface area contributed by atoms with Crippen LogP contribution in [0.4, 0.5) is 23.1 Å². The molecule has 0 atom stereocenters. The first-order valence-corrected chi connectivity index (χ1v) is 6.87. The second-order valence-electron chi connectivity index (χ2n) is 4.85. The molecule has 3 heterocycles. The summed E-state index contributed by atoms with van der Waals surface area (Å²) >= 11 is 0. The molecule has 0 saturated carbocycles. The number of anilines is 4. The third-order valence-electron chi connectivity index (χ3n) is 3.42. The fraction of sp³-hybridized carbons (Fsp3) is 0.357. The Bertz CT molecular complexity index is 627. The molecule has 110 valence electrons. The number of nitrogens with zero attached hydrogens (tertiary/aromatic N) is 4. The lowest BCUT2D eigenvalue weighted by Crippen LogP contribution is -2.37. The maximum atomic E-state index is 6.21. The zero-order valence-corrected chi connectivity index (χ0v) is 11.9. The van der Waals surface area contributed by atoms with Crippen molar-refractivity contribution in [1.82, 2.24) is 15.0 Å². The molecule has 1 aliphatic rings. The van der Waals surface area contributed by atoms with Gasteiger partial charge in [-0.25, -0.2) is 15.0 Å². The zero-order valence-electron chi connectivity index (χ0n) is 11.9. The molecule has 3 N–H and O–H groups in total. The highest BCUT2D eigenvalue weighted by atomic mass is 16.5. The first-order valence-electron chi connectivity index (χ1n) is 6.87. The summed E-state index contributed by atoms with van der Waals surface area (Å²) in [5.41, 5.74) is 7.78. The van der Waals surface area contributed by atoms with E-state index < -0.39 is 0 Å². The average Bonchev–Trinajstić information content (AvgIpc) is 2.52. The van der Waals surface area contributed by atoms with E-state index in [0.717, 1.165) is 30.3 Å². The van der Waals surface area contributed by atoms with Crippen molar-refractivity contribution in [1.29, 1.82) is 0 Å². The first kappa shape index (κ1) is 13.6. The minimum absolute atomic E-state index is 0.532. The van der Waals surface area contributed by atoms with E-state index in [1.165, 1.54) is 6.33 Å². The fourth-order valence-corrected chi connectivity index (χ4v) is 2.24. The summed E-state index contributed by atoms with van der Waals surface area (Å²) in [5.74, 6) is 2.06. The predicted octanol–water partition coefficient (Wildman–Crippen LogP) is 1.34. The van der Waals surface area contributed by atoms with Gasteiger partial charge >= 0.3 is 0 Å². The maximum Gasteiger partial charge on any atom is 0.160 e. The van der Waals surface area contributed by atoms with Gasteiger partial charge in [0, 0.05) is 19.3 Å². The Morgan fingerprint density at radius 3 is 2.76 bits per heavy atom. The number of hydrogen-bond donors (Lipinski definition) is 2. The summed E-state index contributed by atoms with van der Waals surface area (Å²) in [4.78, 5) is 14.9. The van der Waals surface area contributed by atoms with Gasteiger partial charge in [0.2, 0.25) is 0 Å². The van der Waals surface area contributed by atoms with Crippen LogP contribution >= 0.6 is 0 Å². The molecule has 0 aromatic carbocycles. The van der Waals surface area contributed by atoms with Crippen molar-refractivity contribution in [3.05, 3.63) is 30.2 Å². The second kappa shape index (κ2) is 5.92. The summed E-state index contributed by atoms with van der Waals surface area (Å²) in [6.45, 7) is 4.92. The van der Waals surface area contributed by atoms with Crippen molar-refractivity contribution in [2.24, 2.45) is 0 Å². The fourth-order valence-electron chi connectivity index (χ4n) is 2.24. The normalized spacial score (nSPS) is 15.0. The molecule has 21 heavy (non-hydrogen) atoms. The molecule has 1 fully saturated rings. The van der Waals surface area contributed by atoms with Gasteiger partial charge in [-0.15, -0.1) is 0 Å². The van der Waals surface area contributed by atoms with Crippen LogP contribution < -0.4 is 16.0 Å². The lowest BCUT2D eigenvalue weighted by molar-refractivity contribution is 0.122. The van der Waals surface area contributed by atoms with E-state index in [1.54, 1.807) is 6.20 Å². The Labute approximate surface area is 123 Å². The Kier molecular flexibility index (Phi) is 3.83. The Morgan fingerprint density at radius 2 is 2.00 bits per heavy atom. The largest absolute Gasteiger partial charge is 0.393 e. The third kappa shape index (κ3) is 2.87. The molecule has 1 aliphatic heterocycles. The standard InChI is InChI=1S/C14H18N6O/c1-10-3-2-4-16-12(10)19-13-11(15)14(18-9-17-13)20-5-7-21-8-6-20/h2-4,9H,5-8,15H2,1H3,(H,16,17,18,19). The molecule has 0 unspecified atom stereocenters. The number of aromatic nitrogens is 3. The number of aryl methyl sites for hydroxylation is 1. The summed E-state index contributed by atoms with van der Waals surface area (Å²) in [5, 5.41) is 3.17. The van der Waals surface area contributed by atoms with Gasteiger partial charge < -0.3 is 20.7 Å². The molecule has 0 radical (unpaired) electrons. The molecule has 7 nitrogen and oxygen atoms in total. The highest BCUT2D eigenvalue weighted by Crippen LogP contribution is 2.28. The van der Waals surface area contributed by atoms with E-state index in [4.69, 9.17) is 10.5 Å². The topological polar surface area (TPSA) is 89.2 Å². The number of morpholine rings is 1. The van der Waals surface area contributed by atoms with Crippen LogP contribution in [-0.4, -0.2) is 41.3 Å². The molecule has 1 saturated heterocycles. The Balaban J connectivity index is 1.88. The second-order valence-corrected chi connectivity index (χ2v) is 4.85. The van der Waals surface area contributed by atoms with E-state index in [9.17, 15) is 0 Å². The van der Waals surface area contributed by atoms with E-state index in [-0.39, 0.29) is 0 Å². The number of nitrogens with one attached hydrogen (secondary N) is 1. The molecule has 3 rings (SSSR count). The summed E-state index contributed by atoms with van der Waals surface area (Å²) < 4.78 is 5.35. The van der Waals surface area contributed by atoms with Crippen LogP contribution in [0.15, 0.2) is 24.7 Å². The van der Waals surface area contributed by atoms with Crippen LogP contribution in [0.2, 0.25) is 0 Å². The van der Waals surface area contributed by atoms with Gasteiger partial charge in [-0.05, 0) is 18.6 Å². The lowest BCUT2D eigenvalue weighted by atomic mass is 10.3. The van der Waals surface area contributed by atoms with E-state index in [2.05, 4.69) is 25.2 Å². The van der Waals surface area contributed by atoms with E-state index in [0.29, 0.717) is 24.7 Å². The average molecular weight is 286 g/mol. The molecule has 0 spiro atoms. The smallest absolute Gasteiger partial charge is 0.160 e. The quantitative estimate of drug-likeness (QED) is 0.880. The van der Waals surface area contributed by atoms with Gasteiger partial charge in [-0.2, -0.15) is 0 Å². The predicted molar refractivity (Wildman–Crippen MR) is 81.7 cm³/mol. The summed E-state index contributed by atoms with van der Waals surface area (Å²) in [6.07, 6.45) is 3.25. The molecule has 2 aromatic rings. The van der Waals surface area contributed by atoms with Crippen LogP contribution in [0.3, 0.4) is 0 Å². The van der Waals surface area contributed by atoms with E-state index in [1.807, 2.05) is 19.1 Å². The number of hydrogen-bond acceptors (Lipinski definition) is 7. The molecular weight excluding hydrogens is 268 g/mol. The summed E-state index contributed by atoms with van der Waals surface area (Å²) in [6, 6.07) is 3.87. The van der Waals surface area contributed by atoms with Crippen molar-refractivity contribution in [2.75, 3.05) is 42.3 Å². The van der Waals surface area contributed by atoms with Crippen molar-refractivity contribution >= 4 is 23.1 Å². The molecule has 0 amide bonds. The summed E-state index contributed by atoms with van der Waals surface area (Å²) in [7, 11) is 0. The Morgan fingerprint density at radius 1 is 1.19 bits per heavy atom. The first-order chi connectivity index (χ1) is 10.3. The molecular formula is C14H18N6O. The number of nitrogens with two attached hydrogens (primary N) is 1. The van der Waals surface area contributed by atoms with Crippen molar-refractivity contribution in [3.63, 3.8) is 0 Å². The molecule has 0 bridgehead atoms. The third-order valence-corrected chi connectivity index (χ3v) is 3.42. The van der Waals surface area contributed by atoms with Gasteiger partial charge in [-0.3, -0.25) is 0 Å². The van der Waals surface area contributed by atoms with Gasteiger partial charge in [0.25, 0.3) is 0 Å². The van der Waals surface area contributed by atoms with Crippen molar-refractivity contribution < 1.29 is 4.74 Å².